The van der Waals surface area contributed by atoms with Crippen molar-refractivity contribution >= 4 is 21.8 Å². The van der Waals surface area contributed by atoms with E-state index in [1.54, 1.807) is 4.90 Å². The fourth-order valence-electron chi connectivity index (χ4n) is 2.06. The van der Waals surface area contributed by atoms with Crippen LogP contribution in [0.3, 0.4) is 0 Å². The number of carbonyl (C=O) groups excluding carboxylic acids is 1. The summed E-state index contributed by atoms with van der Waals surface area (Å²) in [5.41, 5.74) is 0.802. The second kappa shape index (κ2) is 5.89. The van der Waals surface area contributed by atoms with Crippen molar-refractivity contribution in [1.82, 2.24) is 14.8 Å². The lowest BCUT2D eigenvalue weighted by Gasteiger charge is -2.18. The number of nitrogens with one attached hydrogen (secondary N) is 1. The highest BCUT2D eigenvalue weighted by Gasteiger charge is 2.28. The van der Waals surface area contributed by atoms with E-state index in [4.69, 9.17) is 0 Å². The summed E-state index contributed by atoms with van der Waals surface area (Å²) in [5, 5.41) is 3.09. The van der Waals surface area contributed by atoms with Crippen LogP contribution in [-0.4, -0.2) is 42.6 Å². The molecule has 0 spiro atoms. The lowest BCUT2D eigenvalue weighted by molar-refractivity contribution is 0.0783. The SMILES string of the molecule is CNCCCN(C)C(=O)c1cc(Br)cn1C1CC1. The summed E-state index contributed by atoms with van der Waals surface area (Å²) in [6, 6.07) is 2.45. The van der Waals surface area contributed by atoms with Crippen LogP contribution in [0.1, 0.15) is 35.8 Å². The molecule has 1 aliphatic rings. The van der Waals surface area contributed by atoms with Crippen molar-refractivity contribution in [1.29, 1.82) is 0 Å². The Bertz CT molecular complexity index is 426. The van der Waals surface area contributed by atoms with Gasteiger partial charge in [0, 0.05) is 30.3 Å². The van der Waals surface area contributed by atoms with Gasteiger partial charge in [-0.2, -0.15) is 0 Å². The molecule has 0 aromatic carbocycles. The van der Waals surface area contributed by atoms with Crippen molar-refractivity contribution in [3.63, 3.8) is 0 Å². The summed E-state index contributed by atoms with van der Waals surface area (Å²) in [6.07, 6.45) is 5.37. The second-order valence-electron chi connectivity index (χ2n) is 4.87. The molecule has 0 saturated heterocycles. The molecule has 0 radical (unpaired) electrons. The molecule has 1 amide bonds. The molecule has 1 aliphatic carbocycles. The first-order valence-corrected chi connectivity index (χ1v) is 7.20. The molecule has 1 aromatic rings. The number of carbonyl (C=O) groups is 1. The molecule has 0 aliphatic heterocycles. The zero-order valence-electron chi connectivity index (χ0n) is 10.9. The van der Waals surface area contributed by atoms with Gasteiger partial charge in [-0.1, -0.05) is 0 Å². The Hall–Kier alpha value is -0.810. The number of amides is 1. The number of nitrogens with zero attached hydrogens (tertiary/aromatic N) is 2. The molecule has 2 rings (SSSR count). The summed E-state index contributed by atoms with van der Waals surface area (Å²) in [7, 11) is 3.80. The Kier molecular flexibility index (Phi) is 4.45. The van der Waals surface area contributed by atoms with E-state index < -0.39 is 0 Å². The van der Waals surface area contributed by atoms with Crippen LogP contribution in [0.25, 0.3) is 0 Å². The molecule has 0 unspecified atom stereocenters. The van der Waals surface area contributed by atoms with Gasteiger partial charge < -0.3 is 14.8 Å². The predicted octanol–water partition coefficient (Wildman–Crippen LogP) is 2.27. The van der Waals surface area contributed by atoms with Crippen LogP contribution >= 0.6 is 15.9 Å². The number of hydrogen-bond donors (Lipinski definition) is 1. The molecule has 0 bridgehead atoms. The van der Waals surface area contributed by atoms with Crippen LogP contribution in [0.5, 0.6) is 0 Å². The van der Waals surface area contributed by atoms with Crippen molar-refractivity contribution in [2.45, 2.75) is 25.3 Å². The Labute approximate surface area is 116 Å². The Balaban J connectivity index is 2.03. The van der Waals surface area contributed by atoms with E-state index in [0.29, 0.717) is 6.04 Å². The lowest BCUT2D eigenvalue weighted by atomic mass is 10.3. The maximum absolute atomic E-state index is 12.4. The lowest BCUT2D eigenvalue weighted by Crippen LogP contribution is -2.30. The largest absolute Gasteiger partial charge is 0.340 e. The van der Waals surface area contributed by atoms with Gasteiger partial charge in [-0.25, -0.2) is 0 Å². The first-order valence-electron chi connectivity index (χ1n) is 6.41. The highest BCUT2D eigenvalue weighted by Crippen LogP contribution is 2.37. The van der Waals surface area contributed by atoms with Gasteiger partial charge in [0.05, 0.1) is 0 Å². The summed E-state index contributed by atoms with van der Waals surface area (Å²) in [4.78, 5) is 14.2. The first kappa shape index (κ1) is 13.6. The summed E-state index contributed by atoms with van der Waals surface area (Å²) in [6.45, 7) is 1.72. The van der Waals surface area contributed by atoms with Crippen LogP contribution in [0.4, 0.5) is 0 Å². The fourth-order valence-corrected chi connectivity index (χ4v) is 2.50. The van der Waals surface area contributed by atoms with E-state index in [9.17, 15) is 4.79 Å². The van der Waals surface area contributed by atoms with E-state index in [1.807, 2.05) is 26.4 Å². The van der Waals surface area contributed by atoms with Crippen molar-refractivity contribution in [2.75, 3.05) is 27.2 Å². The summed E-state index contributed by atoms with van der Waals surface area (Å²) < 4.78 is 3.10. The van der Waals surface area contributed by atoms with Gasteiger partial charge in [0.1, 0.15) is 5.69 Å². The number of hydrogen-bond acceptors (Lipinski definition) is 2. The average Bonchev–Trinajstić information content (AvgIpc) is 3.12. The molecule has 1 aromatic heterocycles. The number of aromatic nitrogens is 1. The summed E-state index contributed by atoms with van der Waals surface area (Å²) in [5.74, 6) is 0.115. The van der Waals surface area contributed by atoms with Crippen LogP contribution in [0, 0.1) is 0 Å². The minimum atomic E-state index is 0.115. The van der Waals surface area contributed by atoms with Gasteiger partial charge in [-0.15, -0.1) is 0 Å². The molecule has 1 N–H and O–H groups in total. The second-order valence-corrected chi connectivity index (χ2v) is 5.78. The third-order valence-corrected chi connectivity index (χ3v) is 3.68. The van der Waals surface area contributed by atoms with Crippen LogP contribution in [0.15, 0.2) is 16.7 Å². The van der Waals surface area contributed by atoms with Crippen molar-refractivity contribution in [3.8, 4) is 0 Å². The van der Waals surface area contributed by atoms with E-state index >= 15 is 0 Å². The van der Waals surface area contributed by atoms with Gasteiger partial charge >= 0.3 is 0 Å². The molecular weight excluding hydrogens is 294 g/mol. The molecule has 5 heteroatoms. The monoisotopic (exact) mass is 313 g/mol. The fraction of sp³-hybridized carbons (Fsp3) is 0.615. The average molecular weight is 314 g/mol. The maximum Gasteiger partial charge on any atom is 0.270 e. The maximum atomic E-state index is 12.4. The minimum Gasteiger partial charge on any atom is -0.340 e. The molecule has 18 heavy (non-hydrogen) atoms. The van der Waals surface area contributed by atoms with Gasteiger partial charge in [0.15, 0.2) is 0 Å². The smallest absolute Gasteiger partial charge is 0.270 e. The van der Waals surface area contributed by atoms with Gasteiger partial charge in [0.25, 0.3) is 5.91 Å². The number of rotatable bonds is 6. The third kappa shape index (κ3) is 3.14. The highest BCUT2D eigenvalue weighted by atomic mass is 79.9. The minimum absolute atomic E-state index is 0.115. The summed E-state index contributed by atoms with van der Waals surface area (Å²) >= 11 is 3.46. The van der Waals surface area contributed by atoms with E-state index in [2.05, 4.69) is 25.8 Å². The Morgan fingerprint density at radius 1 is 1.61 bits per heavy atom. The Morgan fingerprint density at radius 2 is 2.33 bits per heavy atom. The van der Waals surface area contributed by atoms with E-state index in [1.165, 1.54) is 12.8 Å². The zero-order valence-corrected chi connectivity index (χ0v) is 12.5. The van der Waals surface area contributed by atoms with Crippen LogP contribution < -0.4 is 5.32 Å². The standard InChI is InChI=1S/C13H20BrN3O/c1-15-6-3-7-16(2)13(18)12-8-10(14)9-17(12)11-4-5-11/h8-9,11,15H,3-7H2,1-2H3. The molecule has 1 fully saturated rings. The first-order chi connectivity index (χ1) is 8.63. The quantitative estimate of drug-likeness (QED) is 0.818. The third-order valence-electron chi connectivity index (χ3n) is 3.24. The van der Waals surface area contributed by atoms with Crippen LogP contribution in [-0.2, 0) is 0 Å². The van der Waals surface area contributed by atoms with Crippen LogP contribution in [0.2, 0.25) is 0 Å². The van der Waals surface area contributed by atoms with Crippen molar-refractivity contribution in [3.05, 3.63) is 22.4 Å². The van der Waals surface area contributed by atoms with Gasteiger partial charge in [-0.05, 0) is 54.9 Å². The molecule has 4 nitrogen and oxygen atoms in total. The van der Waals surface area contributed by atoms with Crippen molar-refractivity contribution in [2.24, 2.45) is 0 Å². The highest BCUT2D eigenvalue weighted by molar-refractivity contribution is 9.10. The normalized spacial score (nSPS) is 14.8. The predicted molar refractivity (Wildman–Crippen MR) is 75.9 cm³/mol. The van der Waals surface area contributed by atoms with Gasteiger partial charge in [-0.3, -0.25) is 4.79 Å². The van der Waals surface area contributed by atoms with Gasteiger partial charge in [0.2, 0.25) is 0 Å². The molecular formula is C13H20BrN3O. The number of halogens is 1. The molecule has 0 atom stereocenters. The molecule has 1 heterocycles. The van der Waals surface area contributed by atoms with Crippen molar-refractivity contribution < 1.29 is 4.79 Å². The Morgan fingerprint density at radius 3 is 2.94 bits per heavy atom. The zero-order chi connectivity index (χ0) is 13.1. The van der Waals surface area contributed by atoms with E-state index in [0.717, 1.165) is 29.7 Å². The molecule has 100 valence electrons. The van der Waals surface area contributed by atoms with E-state index in [-0.39, 0.29) is 5.91 Å². The molecule has 1 saturated carbocycles. The topological polar surface area (TPSA) is 37.3 Å².